The molecule has 0 aliphatic carbocycles. The van der Waals surface area contributed by atoms with Gasteiger partial charge in [-0.25, -0.2) is 4.79 Å². The molecule has 0 aliphatic heterocycles. The average Bonchev–Trinajstić information content (AvgIpc) is 2.67. The van der Waals surface area contributed by atoms with Gasteiger partial charge in [-0.3, -0.25) is 15.3 Å². The van der Waals surface area contributed by atoms with E-state index in [1.54, 1.807) is 6.20 Å². The molecular formula is C23H38N6O2. The number of pyridine rings is 1. The van der Waals surface area contributed by atoms with E-state index in [1.807, 2.05) is 46.0 Å². The minimum absolute atomic E-state index is 0.339. The number of amides is 1. The molecule has 0 aromatic carbocycles. The van der Waals surface area contributed by atoms with Gasteiger partial charge < -0.3 is 15.4 Å². The number of rotatable bonds is 12. The van der Waals surface area contributed by atoms with Gasteiger partial charge in [0.2, 0.25) is 5.96 Å². The summed E-state index contributed by atoms with van der Waals surface area (Å²) in [5, 5.41) is 17.4. The van der Waals surface area contributed by atoms with E-state index >= 15 is 0 Å². The van der Waals surface area contributed by atoms with Crippen LogP contribution < -0.4 is 16.0 Å². The van der Waals surface area contributed by atoms with Gasteiger partial charge in [-0.05, 0) is 52.7 Å². The highest BCUT2D eigenvalue weighted by atomic mass is 16.6. The van der Waals surface area contributed by atoms with E-state index in [-0.39, 0.29) is 6.09 Å². The summed E-state index contributed by atoms with van der Waals surface area (Å²) in [6.45, 7) is 8.85. The van der Waals surface area contributed by atoms with Crippen molar-refractivity contribution in [2.45, 2.75) is 84.7 Å². The summed E-state index contributed by atoms with van der Waals surface area (Å²) in [4.78, 5) is 20.1. The van der Waals surface area contributed by atoms with Crippen molar-refractivity contribution in [3.8, 4) is 6.19 Å². The number of aryl methyl sites for hydroxylation is 1. The average molecular weight is 431 g/mol. The summed E-state index contributed by atoms with van der Waals surface area (Å²) in [5.41, 5.74) is 1.31. The highest BCUT2D eigenvalue weighted by molar-refractivity contribution is 5.94. The van der Waals surface area contributed by atoms with E-state index < -0.39 is 5.60 Å². The van der Waals surface area contributed by atoms with E-state index in [0.29, 0.717) is 19.0 Å². The highest BCUT2D eigenvalue weighted by Crippen LogP contribution is 2.10. The van der Waals surface area contributed by atoms with E-state index in [9.17, 15) is 4.79 Å². The summed E-state index contributed by atoms with van der Waals surface area (Å²) < 4.78 is 5.21. The topological polar surface area (TPSA) is 111 Å². The maximum absolute atomic E-state index is 11.5. The van der Waals surface area contributed by atoms with Crippen molar-refractivity contribution in [3.05, 3.63) is 24.0 Å². The standard InChI is InChI=1S/C23H38N6O2/c1-19-17-20(13-16-25-19)29-21(28-18-24)26-14-11-9-7-5-6-8-10-12-15-27-22(30)31-23(2,3)4/h13,16-17H,5-12,14-15H2,1-4H3,(H,27,30)(H2,25,26,28,29). The van der Waals surface area contributed by atoms with Gasteiger partial charge in [-0.1, -0.05) is 38.5 Å². The molecule has 0 bridgehead atoms. The molecule has 1 aromatic rings. The molecular weight excluding hydrogens is 392 g/mol. The zero-order chi connectivity index (χ0) is 23.0. The molecule has 0 fully saturated rings. The fourth-order valence-corrected chi connectivity index (χ4v) is 2.92. The number of guanidine groups is 1. The van der Waals surface area contributed by atoms with Gasteiger partial charge in [0.05, 0.1) is 0 Å². The van der Waals surface area contributed by atoms with Gasteiger partial charge in [-0.2, -0.15) is 5.26 Å². The lowest BCUT2D eigenvalue weighted by Crippen LogP contribution is -2.32. The predicted octanol–water partition coefficient (Wildman–Crippen LogP) is 4.87. The SMILES string of the molecule is Cc1cc(NC(=NCCCCCCCCCCNC(=O)OC(C)(C)C)NC#N)ccn1. The second kappa shape index (κ2) is 15.1. The number of carbonyl (C=O) groups is 1. The first kappa shape index (κ1) is 26.2. The van der Waals surface area contributed by atoms with E-state index in [4.69, 9.17) is 10.00 Å². The minimum Gasteiger partial charge on any atom is -0.444 e. The largest absolute Gasteiger partial charge is 0.444 e. The normalized spacial score (nSPS) is 11.5. The second-order valence-corrected chi connectivity index (χ2v) is 8.54. The van der Waals surface area contributed by atoms with Crippen LogP contribution in [0.25, 0.3) is 0 Å². The Hall–Kier alpha value is -2.82. The van der Waals surface area contributed by atoms with Crippen LogP contribution in [-0.4, -0.2) is 35.7 Å². The summed E-state index contributed by atoms with van der Waals surface area (Å²) in [6.07, 6.45) is 12.3. The third-order valence-corrected chi connectivity index (χ3v) is 4.36. The number of nitriles is 1. The van der Waals surface area contributed by atoms with Crippen molar-refractivity contribution < 1.29 is 9.53 Å². The molecule has 8 nitrogen and oxygen atoms in total. The zero-order valence-electron chi connectivity index (χ0n) is 19.5. The maximum atomic E-state index is 11.5. The number of nitrogens with one attached hydrogen (secondary N) is 3. The number of alkyl carbamates (subject to hydrolysis) is 1. The van der Waals surface area contributed by atoms with Gasteiger partial charge in [0.1, 0.15) is 5.60 Å². The lowest BCUT2D eigenvalue weighted by molar-refractivity contribution is 0.0527. The monoisotopic (exact) mass is 430 g/mol. The molecule has 0 aliphatic rings. The zero-order valence-corrected chi connectivity index (χ0v) is 19.5. The first-order valence-electron chi connectivity index (χ1n) is 11.2. The predicted molar refractivity (Wildman–Crippen MR) is 125 cm³/mol. The molecule has 0 radical (unpaired) electrons. The Morgan fingerprint density at radius 3 is 2.39 bits per heavy atom. The molecule has 8 heteroatoms. The van der Waals surface area contributed by atoms with Crippen molar-refractivity contribution in [1.29, 1.82) is 5.26 Å². The van der Waals surface area contributed by atoms with Crippen molar-refractivity contribution >= 4 is 17.7 Å². The fraction of sp³-hybridized carbons (Fsp3) is 0.652. The minimum atomic E-state index is -0.446. The Balaban J connectivity index is 2.04. The van der Waals surface area contributed by atoms with Gasteiger partial charge in [0.15, 0.2) is 6.19 Å². The second-order valence-electron chi connectivity index (χ2n) is 8.54. The molecule has 0 unspecified atom stereocenters. The Morgan fingerprint density at radius 2 is 1.77 bits per heavy atom. The van der Waals surface area contributed by atoms with E-state index in [1.165, 1.54) is 25.7 Å². The van der Waals surface area contributed by atoms with Gasteiger partial charge in [0, 0.05) is 30.7 Å². The molecule has 3 N–H and O–H groups in total. The number of hydrogen-bond donors (Lipinski definition) is 3. The van der Waals surface area contributed by atoms with Crippen LogP contribution >= 0.6 is 0 Å². The Morgan fingerprint density at radius 1 is 1.13 bits per heavy atom. The van der Waals surface area contributed by atoms with E-state index in [2.05, 4.69) is 25.9 Å². The Kier molecular flexibility index (Phi) is 12.7. The summed E-state index contributed by atoms with van der Waals surface area (Å²) >= 11 is 0. The van der Waals surface area contributed by atoms with Gasteiger partial charge in [0.25, 0.3) is 0 Å². The number of unbranched alkanes of at least 4 members (excludes halogenated alkanes) is 7. The molecule has 172 valence electrons. The third-order valence-electron chi connectivity index (χ3n) is 4.36. The van der Waals surface area contributed by atoms with Gasteiger partial charge in [-0.15, -0.1) is 0 Å². The molecule has 1 rings (SSSR count). The Labute approximate surface area is 186 Å². The number of aromatic nitrogens is 1. The number of aliphatic imine (C=N–C) groups is 1. The molecule has 1 amide bonds. The van der Waals surface area contributed by atoms with Crippen molar-refractivity contribution in [2.24, 2.45) is 4.99 Å². The number of ether oxygens (including phenoxy) is 1. The number of anilines is 1. The number of carbonyl (C=O) groups excluding carboxylic acids is 1. The summed E-state index contributed by atoms with van der Waals surface area (Å²) in [7, 11) is 0. The van der Waals surface area contributed by atoms with Crippen molar-refractivity contribution in [2.75, 3.05) is 18.4 Å². The quantitative estimate of drug-likeness (QED) is 0.143. The molecule has 0 saturated carbocycles. The van der Waals surface area contributed by atoms with Crippen molar-refractivity contribution in [1.82, 2.24) is 15.6 Å². The molecule has 0 spiro atoms. The maximum Gasteiger partial charge on any atom is 0.407 e. The lowest BCUT2D eigenvalue weighted by Gasteiger charge is -2.19. The molecule has 1 heterocycles. The van der Waals surface area contributed by atoms with Crippen LogP contribution in [0.2, 0.25) is 0 Å². The van der Waals surface area contributed by atoms with Crippen LogP contribution in [0, 0.1) is 18.4 Å². The van der Waals surface area contributed by atoms with Crippen LogP contribution in [-0.2, 0) is 4.74 Å². The first-order chi connectivity index (χ1) is 14.8. The number of nitrogens with zero attached hydrogens (tertiary/aromatic N) is 3. The molecule has 0 saturated heterocycles. The van der Waals surface area contributed by atoms with Crippen LogP contribution in [0.5, 0.6) is 0 Å². The van der Waals surface area contributed by atoms with Crippen LogP contribution in [0.15, 0.2) is 23.3 Å². The Bertz CT molecular complexity index is 722. The fourth-order valence-electron chi connectivity index (χ4n) is 2.92. The molecule has 31 heavy (non-hydrogen) atoms. The third kappa shape index (κ3) is 14.8. The first-order valence-corrected chi connectivity index (χ1v) is 11.2. The van der Waals surface area contributed by atoms with E-state index in [0.717, 1.165) is 37.1 Å². The van der Waals surface area contributed by atoms with Crippen LogP contribution in [0.3, 0.4) is 0 Å². The molecule has 0 atom stereocenters. The molecule has 1 aromatic heterocycles. The van der Waals surface area contributed by atoms with Crippen molar-refractivity contribution in [3.63, 3.8) is 0 Å². The smallest absolute Gasteiger partial charge is 0.407 e. The number of hydrogen-bond acceptors (Lipinski definition) is 5. The van der Waals surface area contributed by atoms with Gasteiger partial charge >= 0.3 is 6.09 Å². The lowest BCUT2D eigenvalue weighted by atomic mass is 10.1. The summed E-state index contributed by atoms with van der Waals surface area (Å²) in [6, 6.07) is 3.75. The highest BCUT2D eigenvalue weighted by Gasteiger charge is 2.15. The van der Waals surface area contributed by atoms with Crippen LogP contribution in [0.1, 0.15) is 77.8 Å². The summed E-state index contributed by atoms with van der Waals surface area (Å²) in [5.74, 6) is 0.466. The van der Waals surface area contributed by atoms with Crippen LogP contribution in [0.4, 0.5) is 10.5 Å².